The molecular formula is C26H27N5O. The molecule has 32 heavy (non-hydrogen) atoms. The number of fused-ring (bicyclic) bond motifs is 1. The number of aromatic nitrogens is 2. The summed E-state index contributed by atoms with van der Waals surface area (Å²) in [4.78, 5) is 21.0. The summed E-state index contributed by atoms with van der Waals surface area (Å²) < 4.78 is 2.07. The van der Waals surface area contributed by atoms with Crippen LogP contribution in [0.2, 0.25) is 0 Å². The average Bonchev–Trinajstić information content (AvgIpc) is 3.31. The molecule has 6 nitrogen and oxygen atoms in total. The number of hydrogen-bond acceptors (Lipinski definition) is 5. The summed E-state index contributed by atoms with van der Waals surface area (Å²) >= 11 is 0. The molecule has 5 rings (SSSR count). The van der Waals surface area contributed by atoms with Crippen LogP contribution in [-0.4, -0.2) is 53.3 Å². The first-order chi connectivity index (χ1) is 15.6. The SMILES string of the molecule is CC(=O)c1ccc(-c2ccc(Nc3ccc(N4CCN(C)CC4)cc3)c3nccn23)cc1. The Balaban J connectivity index is 1.38. The third-order valence-electron chi connectivity index (χ3n) is 6.15. The van der Waals surface area contributed by atoms with Gasteiger partial charge in [-0.25, -0.2) is 4.98 Å². The van der Waals surface area contributed by atoms with Crippen molar-refractivity contribution in [1.29, 1.82) is 0 Å². The highest BCUT2D eigenvalue weighted by molar-refractivity contribution is 5.94. The van der Waals surface area contributed by atoms with E-state index in [0.717, 1.165) is 54.5 Å². The van der Waals surface area contributed by atoms with E-state index in [0.29, 0.717) is 5.56 Å². The summed E-state index contributed by atoms with van der Waals surface area (Å²) in [5, 5.41) is 3.52. The number of carbonyl (C=O) groups excluding carboxylic acids is 1. The number of nitrogens with one attached hydrogen (secondary N) is 1. The van der Waals surface area contributed by atoms with Gasteiger partial charge in [-0.3, -0.25) is 9.20 Å². The van der Waals surface area contributed by atoms with Crippen LogP contribution in [0.1, 0.15) is 17.3 Å². The molecule has 1 N–H and O–H groups in total. The third kappa shape index (κ3) is 3.97. The maximum Gasteiger partial charge on any atom is 0.161 e. The zero-order chi connectivity index (χ0) is 22.1. The minimum atomic E-state index is 0.0718. The van der Waals surface area contributed by atoms with Crippen LogP contribution in [0.4, 0.5) is 17.1 Å². The minimum absolute atomic E-state index is 0.0718. The fourth-order valence-corrected chi connectivity index (χ4v) is 4.20. The van der Waals surface area contributed by atoms with Crippen LogP contribution in [0.5, 0.6) is 0 Å². The largest absolute Gasteiger partial charge is 0.369 e. The lowest BCUT2D eigenvalue weighted by Crippen LogP contribution is -2.44. The Labute approximate surface area is 188 Å². The smallest absolute Gasteiger partial charge is 0.161 e. The summed E-state index contributed by atoms with van der Waals surface area (Å²) in [5.41, 5.74) is 6.90. The highest BCUT2D eigenvalue weighted by atomic mass is 16.1. The summed E-state index contributed by atoms with van der Waals surface area (Å²) in [5.74, 6) is 0.0718. The second-order valence-electron chi connectivity index (χ2n) is 8.35. The number of benzene rings is 2. The van der Waals surface area contributed by atoms with E-state index < -0.39 is 0 Å². The molecule has 0 aliphatic carbocycles. The van der Waals surface area contributed by atoms with Crippen molar-refractivity contribution in [3.63, 3.8) is 0 Å². The van der Waals surface area contributed by atoms with Crippen molar-refractivity contribution >= 4 is 28.5 Å². The van der Waals surface area contributed by atoms with Crippen LogP contribution in [0.3, 0.4) is 0 Å². The molecule has 0 atom stereocenters. The van der Waals surface area contributed by atoms with Gasteiger partial charge >= 0.3 is 0 Å². The standard InChI is InChI=1S/C26H27N5O/c1-19(32)20-3-5-21(6-4-20)25-12-11-24(26-27-13-14-31(25)26)28-22-7-9-23(10-8-22)30-17-15-29(2)16-18-30/h3-14,28H,15-18H2,1-2H3. The van der Waals surface area contributed by atoms with E-state index in [1.165, 1.54) is 5.69 Å². The zero-order valence-electron chi connectivity index (χ0n) is 18.5. The first kappa shape index (κ1) is 20.3. The van der Waals surface area contributed by atoms with Gasteiger partial charge in [-0.1, -0.05) is 24.3 Å². The second kappa shape index (κ2) is 8.48. The van der Waals surface area contributed by atoms with E-state index in [2.05, 4.69) is 67.9 Å². The summed E-state index contributed by atoms with van der Waals surface area (Å²) in [7, 11) is 2.17. The van der Waals surface area contributed by atoms with Crippen molar-refractivity contribution in [3.05, 3.63) is 78.6 Å². The molecule has 2 aromatic carbocycles. The highest BCUT2D eigenvalue weighted by Crippen LogP contribution is 2.28. The Bertz CT molecular complexity index is 1240. The molecule has 1 saturated heterocycles. The molecule has 0 amide bonds. The maximum absolute atomic E-state index is 11.6. The number of anilines is 3. The molecule has 4 aromatic rings. The number of Topliss-reactive ketones (excluding diaryl/α,β-unsaturated/α-hetero) is 1. The maximum atomic E-state index is 11.6. The second-order valence-corrected chi connectivity index (χ2v) is 8.35. The fraction of sp³-hybridized carbons (Fsp3) is 0.231. The van der Waals surface area contributed by atoms with E-state index in [4.69, 9.17) is 0 Å². The molecule has 6 heteroatoms. The summed E-state index contributed by atoms with van der Waals surface area (Å²) in [6.45, 7) is 5.91. The van der Waals surface area contributed by atoms with Gasteiger partial charge in [0.25, 0.3) is 0 Å². The summed E-state index contributed by atoms with van der Waals surface area (Å²) in [6, 6.07) is 20.5. The van der Waals surface area contributed by atoms with Crippen LogP contribution in [0, 0.1) is 0 Å². The Hall–Kier alpha value is -3.64. The predicted octanol–water partition coefficient (Wildman–Crippen LogP) is 4.70. The minimum Gasteiger partial charge on any atom is -0.369 e. The molecule has 0 unspecified atom stereocenters. The number of imidazole rings is 1. The predicted molar refractivity (Wildman–Crippen MR) is 130 cm³/mol. The number of ketones is 1. The van der Waals surface area contributed by atoms with Gasteiger partial charge in [0.15, 0.2) is 11.4 Å². The Kier molecular flexibility index (Phi) is 5.37. The first-order valence-corrected chi connectivity index (χ1v) is 11.0. The molecule has 1 fully saturated rings. The number of carbonyl (C=O) groups is 1. The molecule has 0 bridgehead atoms. The third-order valence-corrected chi connectivity index (χ3v) is 6.15. The van der Waals surface area contributed by atoms with E-state index in [9.17, 15) is 4.79 Å². The monoisotopic (exact) mass is 425 g/mol. The molecule has 0 spiro atoms. The fourth-order valence-electron chi connectivity index (χ4n) is 4.20. The van der Waals surface area contributed by atoms with Gasteiger partial charge in [-0.15, -0.1) is 0 Å². The lowest BCUT2D eigenvalue weighted by atomic mass is 10.1. The zero-order valence-corrected chi connectivity index (χ0v) is 18.5. The molecule has 162 valence electrons. The molecule has 1 aliphatic heterocycles. The van der Waals surface area contributed by atoms with Gasteiger partial charge in [0.1, 0.15) is 0 Å². The number of hydrogen-bond donors (Lipinski definition) is 1. The molecule has 0 saturated carbocycles. The van der Waals surface area contributed by atoms with Crippen LogP contribution in [-0.2, 0) is 0 Å². The van der Waals surface area contributed by atoms with Gasteiger partial charge < -0.3 is 15.1 Å². The molecular weight excluding hydrogens is 398 g/mol. The Morgan fingerprint density at radius 3 is 2.31 bits per heavy atom. The van der Waals surface area contributed by atoms with Gasteiger partial charge in [0, 0.05) is 55.5 Å². The number of pyridine rings is 1. The Morgan fingerprint density at radius 2 is 1.62 bits per heavy atom. The van der Waals surface area contributed by atoms with Gasteiger partial charge in [0.05, 0.1) is 11.4 Å². The molecule has 2 aromatic heterocycles. The van der Waals surface area contributed by atoms with Crippen LogP contribution in [0.15, 0.2) is 73.1 Å². The Morgan fingerprint density at radius 1 is 0.906 bits per heavy atom. The normalized spacial score (nSPS) is 14.6. The molecule has 0 radical (unpaired) electrons. The van der Waals surface area contributed by atoms with E-state index >= 15 is 0 Å². The van der Waals surface area contributed by atoms with Crippen molar-refractivity contribution in [2.24, 2.45) is 0 Å². The number of likely N-dealkylation sites (N-methyl/N-ethyl adjacent to an activating group) is 1. The van der Waals surface area contributed by atoms with Gasteiger partial charge in [0.2, 0.25) is 0 Å². The van der Waals surface area contributed by atoms with Crippen molar-refractivity contribution in [1.82, 2.24) is 14.3 Å². The van der Waals surface area contributed by atoms with Crippen molar-refractivity contribution < 1.29 is 4.79 Å². The van der Waals surface area contributed by atoms with Crippen molar-refractivity contribution in [2.45, 2.75) is 6.92 Å². The van der Waals surface area contributed by atoms with Crippen LogP contribution >= 0.6 is 0 Å². The van der Waals surface area contributed by atoms with Crippen LogP contribution in [0.25, 0.3) is 16.9 Å². The lowest BCUT2D eigenvalue weighted by molar-refractivity contribution is 0.101. The number of rotatable bonds is 5. The van der Waals surface area contributed by atoms with Crippen molar-refractivity contribution in [2.75, 3.05) is 43.4 Å². The van der Waals surface area contributed by atoms with Gasteiger partial charge in [-0.2, -0.15) is 0 Å². The summed E-state index contributed by atoms with van der Waals surface area (Å²) in [6.07, 6.45) is 3.77. The van der Waals surface area contributed by atoms with E-state index in [-0.39, 0.29) is 5.78 Å². The topological polar surface area (TPSA) is 52.9 Å². The van der Waals surface area contributed by atoms with E-state index in [1.807, 2.05) is 36.7 Å². The lowest BCUT2D eigenvalue weighted by Gasteiger charge is -2.34. The first-order valence-electron chi connectivity index (χ1n) is 11.0. The number of nitrogens with zero attached hydrogens (tertiary/aromatic N) is 4. The molecule has 1 aliphatic rings. The average molecular weight is 426 g/mol. The van der Waals surface area contributed by atoms with Gasteiger partial charge in [-0.05, 0) is 55.9 Å². The molecule has 3 heterocycles. The number of piperazine rings is 1. The van der Waals surface area contributed by atoms with Crippen molar-refractivity contribution in [3.8, 4) is 11.3 Å². The van der Waals surface area contributed by atoms with Crippen LogP contribution < -0.4 is 10.2 Å². The quantitative estimate of drug-likeness (QED) is 0.470. The highest BCUT2D eigenvalue weighted by Gasteiger charge is 2.14. The van der Waals surface area contributed by atoms with E-state index in [1.54, 1.807) is 6.92 Å².